The Balaban J connectivity index is 2.01. The Hall–Kier alpha value is -1.26. The van der Waals surface area contributed by atoms with Crippen LogP contribution in [-0.4, -0.2) is 18.2 Å². The van der Waals surface area contributed by atoms with Gasteiger partial charge in [0.2, 0.25) is 0 Å². The monoisotopic (exact) mass is 296 g/mol. The molecule has 0 spiro atoms. The third kappa shape index (κ3) is 3.87. The zero-order valence-electron chi connectivity index (χ0n) is 12.1. The Morgan fingerprint density at radius 2 is 2.20 bits per heavy atom. The van der Waals surface area contributed by atoms with E-state index in [4.69, 9.17) is 22.1 Å². The molecule has 0 saturated heterocycles. The van der Waals surface area contributed by atoms with Crippen molar-refractivity contribution in [1.82, 2.24) is 0 Å². The topological polar surface area (TPSA) is 64.3 Å². The van der Waals surface area contributed by atoms with Crippen molar-refractivity contribution in [3.63, 3.8) is 0 Å². The number of hydrogen-bond donors (Lipinski definition) is 2. The maximum absolute atomic E-state index is 11.7. The van der Waals surface area contributed by atoms with Gasteiger partial charge in [0.1, 0.15) is 5.60 Å². The molecule has 2 rings (SSSR count). The van der Waals surface area contributed by atoms with Crippen LogP contribution in [0, 0.1) is 5.92 Å². The summed E-state index contributed by atoms with van der Waals surface area (Å²) in [5, 5.41) is 3.35. The second kappa shape index (κ2) is 5.62. The molecule has 1 fully saturated rings. The van der Waals surface area contributed by atoms with Gasteiger partial charge in [-0.3, -0.25) is 5.32 Å². The number of nitrogens with one attached hydrogen (secondary N) is 1. The van der Waals surface area contributed by atoms with Crippen LogP contribution in [0.3, 0.4) is 0 Å². The summed E-state index contributed by atoms with van der Waals surface area (Å²) in [6.07, 6.45) is 0.613. The fraction of sp³-hybridized carbons (Fsp3) is 0.533. The van der Waals surface area contributed by atoms with Crippen LogP contribution in [0.4, 0.5) is 10.5 Å². The zero-order valence-corrected chi connectivity index (χ0v) is 12.8. The summed E-state index contributed by atoms with van der Waals surface area (Å²) in [5.41, 5.74) is 6.88. The van der Waals surface area contributed by atoms with E-state index >= 15 is 0 Å². The molecule has 2 atom stereocenters. The lowest BCUT2D eigenvalue weighted by atomic mass is 10.1. The molecule has 1 aromatic carbocycles. The molecule has 1 saturated carbocycles. The lowest BCUT2D eigenvalue weighted by Crippen LogP contribution is -2.27. The minimum absolute atomic E-state index is 0.461. The molecule has 1 aromatic rings. The molecule has 0 heterocycles. The number of benzene rings is 1. The van der Waals surface area contributed by atoms with Crippen molar-refractivity contribution < 1.29 is 9.53 Å². The minimum atomic E-state index is -0.518. The maximum Gasteiger partial charge on any atom is 0.412 e. The lowest BCUT2D eigenvalue weighted by Gasteiger charge is -2.19. The van der Waals surface area contributed by atoms with Crippen LogP contribution in [0.25, 0.3) is 0 Å². The zero-order chi connectivity index (χ0) is 14.9. The van der Waals surface area contributed by atoms with Gasteiger partial charge in [-0.15, -0.1) is 0 Å². The van der Waals surface area contributed by atoms with Gasteiger partial charge in [0.05, 0.1) is 0 Å². The van der Waals surface area contributed by atoms with E-state index in [2.05, 4.69) is 5.32 Å². The molecule has 3 N–H and O–H groups in total. The fourth-order valence-corrected chi connectivity index (χ4v) is 2.54. The molecule has 1 amide bonds. The molecule has 4 nitrogen and oxygen atoms in total. The highest BCUT2D eigenvalue weighted by Crippen LogP contribution is 2.49. The van der Waals surface area contributed by atoms with E-state index in [-0.39, 0.29) is 0 Å². The van der Waals surface area contributed by atoms with Crippen LogP contribution < -0.4 is 11.1 Å². The summed E-state index contributed by atoms with van der Waals surface area (Å²) >= 11 is 6.27. The number of anilines is 1. The first-order chi connectivity index (χ1) is 9.30. The van der Waals surface area contributed by atoms with Crippen LogP contribution in [0.5, 0.6) is 0 Å². The van der Waals surface area contributed by atoms with E-state index in [0.717, 1.165) is 12.0 Å². The Morgan fingerprint density at radius 3 is 2.70 bits per heavy atom. The highest BCUT2D eigenvalue weighted by Gasteiger charge is 2.38. The first kappa shape index (κ1) is 15.1. The molecule has 20 heavy (non-hydrogen) atoms. The Morgan fingerprint density at radius 1 is 1.50 bits per heavy atom. The van der Waals surface area contributed by atoms with Crippen molar-refractivity contribution >= 4 is 23.4 Å². The fourth-order valence-electron chi connectivity index (χ4n) is 2.22. The van der Waals surface area contributed by atoms with Crippen molar-refractivity contribution in [3.05, 3.63) is 28.8 Å². The SMILES string of the molecule is CC(C)(C)OC(=O)Nc1ccc([C@@H]2C[C@H]2CN)c(Cl)c1. The Kier molecular flexibility index (Phi) is 4.25. The average Bonchev–Trinajstić information content (AvgIpc) is 3.05. The number of nitrogens with two attached hydrogens (primary N) is 1. The molecule has 0 bridgehead atoms. The molecular formula is C15H21ClN2O2. The average molecular weight is 297 g/mol. The molecule has 0 unspecified atom stereocenters. The van der Waals surface area contributed by atoms with Gasteiger partial charge >= 0.3 is 6.09 Å². The van der Waals surface area contributed by atoms with Crippen molar-refractivity contribution in [2.24, 2.45) is 11.7 Å². The first-order valence-corrected chi connectivity index (χ1v) is 7.17. The van der Waals surface area contributed by atoms with Gasteiger partial charge in [-0.1, -0.05) is 17.7 Å². The number of rotatable bonds is 3. The van der Waals surface area contributed by atoms with Gasteiger partial charge in [0.25, 0.3) is 0 Å². The lowest BCUT2D eigenvalue weighted by molar-refractivity contribution is 0.0636. The molecule has 0 aliphatic heterocycles. The Bertz CT molecular complexity index is 511. The summed E-state index contributed by atoms with van der Waals surface area (Å²) < 4.78 is 5.20. The predicted octanol–water partition coefficient (Wildman–Crippen LogP) is 3.75. The number of carbonyl (C=O) groups is 1. The summed E-state index contributed by atoms with van der Waals surface area (Å²) in [5.74, 6) is 1.00. The smallest absolute Gasteiger partial charge is 0.412 e. The second-order valence-corrected chi connectivity index (χ2v) is 6.61. The number of ether oxygens (including phenoxy) is 1. The molecule has 1 aliphatic carbocycles. The van der Waals surface area contributed by atoms with Crippen LogP contribution in [0.1, 0.15) is 38.7 Å². The van der Waals surface area contributed by atoms with Crippen molar-refractivity contribution in [3.8, 4) is 0 Å². The van der Waals surface area contributed by atoms with Gasteiger partial charge in [0.15, 0.2) is 0 Å². The first-order valence-electron chi connectivity index (χ1n) is 6.79. The molecule has 5 heteroatoms. The van der Waals surface area contributed by atoms with Crippen molar-refractivity contribution in [2.45, 2.75) is 38.7 Å². The predicted molar refractivity (Wildman–Crippen MR) is 81.2 cm³/mol. The molecule has 0 aromatic heterocycles. The van der Waals surface area contributed by atoms with Crippen molar-refractivity contribution in [1.29, 1.82) is 0 Å². The minimum Gasteiger partial charge on any atom is -0.444 e. The summed E-state index contributed by atoms with van der Waals surface area (Å²) in [4.78, 5) is 11.7. The largest absolute Gasteiger partial charge is 0.444 e. The molecule has 0 radical (unpaired) electrons. The summed E-state index contributed by atoms with van der Waals surface area (Å²) in [6, 6.07) is 5.55. The van der Waals surface area contributed by atoms with E-state index in [0.29, 0.717) is 29.1 Å². The quantitative estimate of drug-likeness (QED) is 0.893. The number of amides is 1. The van der Waals surface area contributed by atoms with Gasteiger partial charge in [-0.25, -0.2) is 4.79 Å². The van der Waals surface area contributed by atoms with E-state index in [1.807, 2.05) is 32.9 Å². The van der Waals surface area contributed by atoms with E-state index < -0.39 is 11.7 Å². The van der Waals surface area contributed by atoms with Crippen LogP contribution in [0.15, 0.2) is 18.2 Å². The van der Waals surface area contributed by atoms with Crippen LogP contribution in [-0.2, 0) is 4.74 Å². The van der Waals surface area contributed by atoms with Gasteiger partial charge in [-0.05, 0) is 63.3 Å². The number of halogens is 1. The van der Waals surface area contributed by atoms with Crippen LogP contribution >= 0.6 is 11.6 Å². The third-order valence-corrected chi connectivity index (χ3v) is 3.60. The molecule has 110 valence electrons. The van der Waals surface area contributed by atoms with Gasteiger partial charge < -0.3 is 10.5 Å². The Labute approximate surface area is 124 Å². The summed E-state index contributed by atoms with van der Waals surface area (Å²) in [7, 11) is 0. The summed E-state index contributed by atoms with van der Waals surface area (Å²) in [6.45, 7) is 6.16. The highest BCUT2D eigenvalue weighted by atomic mass is 35.5. The normalized spacial score (nSPS) is 21.4. The van der Waals surface area contributed by atoms with Crippen molar-refractivity contribution in [2.75, 3.05) is 11.9 Å². The number of carbonyl (C=O) groups excluding carboxylic acids is 1. The third-order valence-electron chi connectivity index (χ3n) is 3.27. The molecule has 1 aliphatic rings. The highest BCUT2D eigenvalue weighted by molar-refractivity contribution is 6.31. The second-order valence-electron chi connectivity index (χ2n) is 6.20. The van der Waals surface area contributed by atoms with Crippen LogP contribution in [0.2, 0.25) is 5.02 Å². The van der Waals surface area contributed by atoms with E-state index in [9.17, 15) is 4.79 Å². The number of hydrogen-bond acceptors (Lipinski definition) is 3. The van der Waals surface area contributed by atoms with Gasteiger partial charge in [-0.2, -0.15) is 0 Å². The standard InChI is InChI=1S/C15H21ClN2O2/c1-15(2,3)20-14(19)18-10-4-5-11(13(16)7-10)12-6-9(12)8-17/h4-5,7,9,12H,6,8,17H2,1-3H3,(H,18,19)/t9-,12+/m0/s1. The maximum atomic E-state index is 11.7. The van der Waals surface area contributed by atoms with E-state index in [1.165, 1.54) is 0 Å². The van der Waals surface area contributed by atoms with Gasteiger partial charge in [0, 0.05) is 10.7 Å². The van der Waals surface area contributed by atoms with E-state index in [1.54, 1.807) is 6.07 Å². The molecular weight excluding hydrogens is 276 g/mol.